The molecule has 58 heavy (non-hydrogen) atoms. The number of nitro groups is 1. The van der Waals surface area contributed by atoms with E-state index in [1.807, 2.05) is 31.3 Å². The number of carbonyl (C=O) groups excluding carboxylic acids is 1. The van der Waals surface area contributed by atoms with Crippen molar-refractivity contribution in [1.82, 2.24) is 19.5 Å². The number of pyridine rings is 1. The quantitative estimate of drug-likeness (QED) is 0.0948. The van der Waals surface area contributed by atoms with Crippen LogP contribution in [0.5, 0.6) is 0 Å². The molecule has 3 aromatic carbocycles. The Labute approximate surface area is 345 Å². The number of anilines is 4. The Bertz CT molecular complexity index is 2270. The van der Waals surface area contributed by atoms with Gasteiger partial charge in [0.15, 0.2) is 0 Å². The van der Waals surface area contributed by atoms with Gasteiger partial charge in [-0.1, -0.05) is 43.2 Å². The molecule has 13 nitrogen and oxygen atoms in total. The van der Waals surface area contributed by atoms with Gasteiger partial charge in [-0.25, -0.2) is 13.1 Å². The maximum absolute atomic E-state index is 13.8. The van der Waals surface area contributed by atoms with Crippen molar-refractivity contribution in [2.45, 2.75) is 56.9 Å². The van der Waals surface area contributed by atoms with E-state index in [4.69, 9.17) is 11.6 Å². The molecule has 2 saturated heterocycles. The fourth-order valence-electron chi connectivity index (χ4n) is 8.08. The van der Waals surface area contributed by atoms with Crippen molar-refractivity contribution in [1.29, 1.82) is 0 Å². The second kappa shape index (κ2) is 17.5. The second-order valence-corrected chi connectivity index (χ2v) is 18.5. The summed E-state index contributed by atoms with van der Waals surface area (Å²) in [7, 11) is -2.47. The van der Waals surface area contributed by atoms with Crippen LogP contribution in [-0.4, -0.2) is 92.9 Å². The summed E-state index contributed by atoms with van der Waals surface area (Å²) < 4.78 is 29.4. The van der Waals surface area contributed by atoms with Gasteiger partial charge in [0.2, 0.25) is 0 Å². The zero-order valence-corrected chi connectivity index (χ0v) is 34.8. The smallest absolute Gasteiger partial charge is 0.293 e. The molecule has 1 amide bonds. The number of nitro benzene ring substituents is 1. The van der Waals surface area contributed by atoms with Gasteiger partial charge in [-0.2, -0.15) is 0 Å². The number of nitrogens with zero attached hydrogens (tertiary/aromatic N) is 5. The van der Waals surface area contributed by atoms with E-state index in [-0.39, 0.29) is 33.3 Å². The summed E-state index contributed by atoms with van der Waals surface area (Å²) in [5, 5.41) is 19.3. The number of hydrogen-bond donors (Lipinski definition) is 3. The number of amides is 1. The van der Waals surface area contributed by atoms with Gasteiger partial charge >= 0.3 is 0 Å². The average Bonchev–Trinajstić information content (AvgIpc) is 3.20. The lowest BCUT2D eigenvalue weighted by molar-refractivity contribution is -0.384. The minimum absolute atomic E-state index is 0.0237. The fourth-order valence-corrected chi connectivity index (χ4v) is 9.19. The van der Waals surface area contributed by atoms with Crippen molar-refractivity contribution in [3.8, 4) is 0 Å². The highest BCUT2D eigenvalue weighted by Gasteiger charge is 2.30. The van der Waals surface area contributed by atoms with Gasteiger partial charge in [-0.15, -0.1) is 0 Å². The predicted octanol–water partition coefficient (Wildman–Crippen LogP) is 7.80. The van der Waals surface area contributed by atoms with E-state index in [1.165, 1.54) is 28.8 Å². The first-order valence-corrected chi connectivity index (χ1v) is 21.6. The van der Waals surface area contributed by atoms with Crippen molar-refractivity contribution in [2.75, 3.05) is 68.4 Å². The van der Waals surface area contributed by atoms with Gasteiger partial charge in [-0.05, 0) is 123 Å². The Morgan fingerprint density at radius 3 is 2.40 bits per heavy atom. The number of halogens is 1. The number of nitrogens with one attached hydrogen (secondary N) is 3. The molecule has 0 bridgehead atoms. The lowest BCUT2D eigenvalue weighted by Gasteiger charge is -2.39. The third-order valence-corrected chi connectivity index (χ3v) is 13.1. The van der Waals surface area contributed by atoms with E-state index in [9.17, 15) is 23.3 Å². The number of piperidine rings is 1. The highest BCUT2D eigenvalue weighted by Crippen LogP contribution is 2.43. The molecule has 3 N–H and O–H groups in total. The molecule has 1 aromatic heterocycles. The standard InChI is InChI=1S/C43H51ClN8O5S/c1-43(2)17-14-31(38(27-43)30-6-8-32(44)9-7-30)29-50-21-23-51(24-22-50)35-10-12-37(40(25-35)47-34-5-4-18-45-28-34)42(53)48-58(56,57)36-11-13-39(41(26-36)52(54)55)46-33-15-19-49(3)20-16-33/h4-13,18,25-26,28,33,46-47H,14-17,19-24,27,29H2,1-3H3,(H,48,53). The van der Waals surface area contributed by atoms with Crippen LogP contribution in [0.25, 0.3) is 5.57 Å². The molecular weight excluding hydrogens is 776 g/mol. The topological polar surface area (TPSA) is 153 Å². The summed E-state index contributed by atoms with van der Waals surface area (Å²) >= 11 is 6.23. The Morgan fingerprint density at radius 1 is 0.966 bits per heavy atom. The number of hydrogen-bond acceptors (Lipinski definition) is 11. The Balaban J connectivity index is 1.07. The maximum atomic E-state index is 13.8. The number of likely N-dealkylation sites (tertiary alicyclic amines) is 1. The van der Waals surface area contributed by atoms with E-state index in [2.05, 4.69) is 61.0 Å². The summed E-state index contributed by atoms with van der Waals surface area (Å²) in [6, 6.07) is 20.7. The molecule has 2 aliphatic heterocycles. The van der Waals surface area contributed by atoms with Gasteiger partial charge in [0.1, 0.15) is 5.69 Å². The zero-order valence-electron chi connectivity index (χ0n) is 33.2. The minimum atomic E-state index is -4.49. The predicted molar refractivity (Wildman–Crippen MR) is 231 cm³/mol. The number of sulfonamides is 1. The number of benzene rings is 3. The molecular formula is C43H51ClN8O5S. The number of piperazine rings is 1. The van der Waals surface area contributed by atoms with Gasteiger partial charge < -0.3 is 20.4 Å². The van der Waals surface area contributed by atoms with Crippen LogP contribution in [0, 0.1) is 15.5 Å². The number of rotatable bonds is 12. The molecule has 15 heteroatoms. The van der Waals surface area contributed by atoms with Crippen LogP contribution in [0.15, 0.2) is 95.7 Å². The summed E-state index contributed by atoms with van der Waals surface area (Å²) in [6.45, 7) is 10.5. The molecule has 2 fully saturated rings. The summed E-state index contributed by atoms with van der Waals surface area (Å²) in [5.74, 6) is -0.876. The number of allylic oxidation sites excluding steroid dienone is 1. The Hall–Kier alpha value is -5.02. The van der Waals surface area contributed by atoms with Crippen LogP contribution in [0.2, 0.25) is 5.02 Å². The van der Waals surface area contributed by atoms with E-state index < -0.39 is 20.9 Å². The zero-order chi connectivity index (χ0) is 41.0. The van der Waals surface area contributed by atoms with Gasteiger partial charge in [-0.3, -0.25) is 24.8 Å². The normalized spacial score (nSPS) is 18.2. The van der Waals surface area contributed by atoms with Crippen molar-refractivity contribution in [3.63, 3.8) is 0 Å². The van der Waals surface area contributed by atoms with Crippen LogP contribution in [-0.2, 0) is 10.0 Å². The molecule has 0 atom stereocenters. The molecule has 0 saturated carbocycles. The van der Waals surface area contributed by atoms with Crippen molar-refractivity contribution in [3.05, 3.63) is 117 Å². The summed E-state index contributed by atoms with van der Waals surface area (Å²) in [6.07, 6.45) is 8.10. The van der Waals surface area contributed by atoms with Gasteiger partial charge in [0.25, 0.3) is 21.6 Å². The molecule has 1 aliphatic carbocycles. The molecule has 306 valence electrons. The van der Waals surface area contributed by atoms with Crippen LogP contribution < -0.4 is 20.3 Å². The van der Waals surface area contributed by atoms with Crippen LogP contribution in [0.1, 0.15) is 61.9 Å². The minimum Gasteiger partial charge on any atom is -0.377 e. The van der Waals surface area contributed by atoms with E-state index >= 15 is 0 Å². The average molecular weight is 827 g/mol. The van der Waals surface area contributed by atoms with E-state index in [0.717, 1.165) is 94.7 Å². The second-order valence-electron chi connectivity index (χ2n) is 16.4. The monoisotopic (exact) mass is 826 g/mol. The van der Waals surface area contributed by atoms with E-state index in [0.29, 0.717) is 11.4 Å². The largest absolute Gasteiger partial charge is 0.377 e. The Morgan fingerprint density at radius 2 is 1.71 bits per heavy atom. The molecule has 3 heterocycles. The maximum Gasteiger partial charge on any atom is 0.293 e. The molecule has 0 unspecified atom stereocenters. The van der Waals surface area contributed by atoms with Crippen molar-refractivity contribution >= 4 is 61.5 Å². The molecule has 0 spiro atoms. The van der Waals surface area contributed by atoms with Crippen LogP contribution in [0.3, 0.4) is 0 Å². The van der Waals surface area contributed by atoms with E-state index in [1.54, 1.807) is 30.6 Å². The van der Waals surface area contributed by atoms with Crippen molar-refractivity contribution < 1.29 is 18.1 Å². The lowest BCUT2D eigenvalue weighted by atomic mass is 9.72. The van der Waals surface area contributed by atoms with Crippen LogP contribution >= 0.6 is 11.6 Å². The first-order valence-electron chi connectivity index (χ1n) is 19.8. The molecule has 0 radical (unpaired) electrons. The molecule has 7 rings (SSSR count). The van der Waals surface area contributed by atoms with Crippen molar-refractivity contribution in [2.24, 2.45) is 5.41 Å². The van der Waals surface area contributed by atoms with Crippen LogP contribution in [0.4, 0.5) is 28.4 Å². The first-order chi connectivity index (χ1) is 27.7. The lowest BCUT2D eigenvalue weighted by Crippen LogP contribution is -2.47. The molecule has 4 aromatic rings. The van der Waals surface area contributed by atoms with Gasteiger partial charge in [0, 0.05) is 61.7 Å². The highest BCUT2D eigenvalue weighted by atomic mass is 35.5. The Kier molecular flexibility index (Phi) is 12.4. The van der Waals surface area contributed by atoms with Gasteiger partial charge in [0.05, 0.1) is 33.0 Å². The third-order valence-electron chi connectivity index (χ3n) is 11.5. The fraction of sp³-hybridized carbons (Fsp3) is 0.395. The SMILES string of the molecule is CN1CCC(Nc2ccc(S(=O)(=O)NC(=O)c3ccc(N4CCN(CC5=C(c6ccc(Cl)cc6)CC(C)(C)CC5)CC4)cc3Nc3cccnc3)cc2[N+](=O)[O-])CC1. The summed E-state index contributed by atoms with van der Waals surface area (Å²) in [5.41, 5.74) is 6.23. The number of aromatic nitrogens is 1. The highest BCUT2D eigenvalue weighted by molar-refractivity contribution is 7.90. The first kappa shape index (κ1) is 41.2. The summed E-state index contributed by atoms with van der Waals surface area (Å²) in [4.78, 5) is 36.0. The number of carbonyl (C=O) groups is 1. The molecule has 3 aliphatic rings. The third kappa shape index (κ3) is 9.98.